The van der Waals surface area contributed by atoms with Crippen LogP contribution in [0.4, 0.5) is 8.78 Å². The van der Waals surface area contributed by atoms with E-state index >= 15 is 0 Å². The van der Waals surface area contributed by atoms with Crippen LogP contribution in [0.1, 0.15) is 0 Å². The zero-order valence-corrected chi connectivity index (χ0v) is 10.5. The summed E-state index contributed by atoms with van der Waals surface area (Å²) in [7, 11) is 0. The summed E-state index contributed by atoms with van der Waals surface area (Å²) in [5, 5.41) is 0.708. The van der Waals surface area contributed by atoms with Crippen LogP contribution in [0.3, 0.4) is 0 Å². The summed E-state index contributed by atoms with van der Waals surface area (Å²) in [6, 6.07) is 12.1. The highest BCUT2D eigenvalue weighted by Crippen LogP contribution is 2.26. The van der Waals surface area contributed by atoms with E-state index in [4.69, 9.17) is 0 Å². The molecule has 0 saturated heterocycles. The molecule has 3 aromatic rings. The van der Waals surface area contributed by atoms with Crippen molar-refractivity contribution in [2.24, 2.45) is 0 Å². The van der Waals surface area contributed by atoms with Crippen molar-refractivity contribution in [2.75, 3.05) is 0 Å². The summed E-state index contributed by atoms with van der Waals surface area (Å²) in [5.41, 5.74) is 1.57. The Morgan fingerprint density at radius 1 is 0.737 bits per heavy atom. The molecule has 0 bridgehead atoms. The van der Waals surface area contributed by atoms with E-state index in [1.807, 2.05) is 0 Å². The molecule has 0 amide bonds. The Morgan fingerprint density at radius 3 is 1.84 bits per heavy atom. The first-order valence-electron chi connectivity index (χ1n) is 5.58. The normalized spacial score (nSPS) is 10.6. The Bertz CT molecular complexity index is 630. The van der Waals surface area contributed by atoms with Crippen molar-refractivity contribution in [2.45, 2.75) is 0 Å². The van der Waals surface area contributed by atoms with Crippen LogP contribution in [0.2, 0.25) is 0 Å². The van der Waals surface area contributed by atoms with E-state index in [0.29, 0.717) is 10.8 Å². The Morgan fingerprint density at radius 2 is 1.26 bits per heavy atom. The molecule has 0 radical (unpaired) electrons. The fraction of sp³-hybridized carbons (Fsp3) is 0. The number of nitrogens with zero attached hydrogens (tertiary/aromatic N) is 2. The smallest absolute Gasteiger partial charge is 0.173 e. The van der Waals surface area contributed by atoms with Gasteiger partial charge in [0.2, 0.25) is 0 Å². The minimum atomic E-state index is -0.294. The molecule has 0 aliphatic heterocycles. The van der Waals surface area contributed by atoms with Crippen LogP contribution in [0, 0.1) is 11.6 Å². The van der Waals surface area contributed by atoms with Gasteiger partial charge in [-0.05, 0) is 60.1 Å². The molecule has 0 unspecified atom stereocenters. The molecule has 5 heteroatoms. The van der Waals surface area contributed by atoms with Crippen molar-refractivity contribution in [1.82, 2.24) is 9.36 Å². The molecule has 2 aromatic carbocycles. The Kier molecular flexibility index (Phi) is 3.05. The van der Waals surface area contributed by atoms with Crippen molar-refractivity contribution < 1.29 is 8.78 Å². The maximum atomic E-state index is 12.8. The van der Waals surface area contributed by atoms with Crippen LogP contribution >= 0.6 is 11.5 Å². The molecular weight excluding hydrogens is 266 g/mol. The zero-order chi connectivity index (χ0) is 13.2. The van der Waals surface area contributed by atoms with Gasteiger partial charge in [-0.15, -0.1) is 0 Å². The van der Waals surface area contributed by atoms with Gasteiger partial charge in [0.05, 0.1) is 0 Å². The first-order chi connectivity index (χ1) is 9.22. The average Bonchev–Trinajstić information content (AvgIpc) is 2.90. The van der Waals surface area contributed by atoms with E-state index in [1.165, 1.54) is 35.8 Å². The molecule has 94 valence electrons. The summed E-state index contributed by atoms with van der Waals surface area (Å²) in [6.45, 7) is 0. The predicted octanol–water partition coefficient (Wildman–Crippen LogP) is 4.15. The van der Waals surface area contributed by atoms with Crippen LogP contribution in [-0.2, 0) is 0 Å². The van der Waals surface area contributed by atoms with E-state index in [2.05, 4.69) is 9.36 Å². The molecule has 0 atom stereocenters. The van der Waals surface area contributed by atoms with Gasteiger partial charge in [0.1, 0.15) is 16.6 Å². The van der Waals surface area contributed by atoms with Crippen molar-refractivity contribution in [3.8, 4) is 22.0 Å². The van der Waals surface area contributed by atoms with E-state index in [-0.39, 0.29) is 11.6 Å². The van der Waals surface area contributed by atoms with E-state index in [0.717, 1.165) is 11.1 Å². The second-order valence-electron chi connectivity index (χ2n) is 3.94. The summed E-state index contributed by atoms with van der Waals surface area (Å²) >= 11 is 1.23. The van der Waals surface area contributed by atoms with E-state index in [9.17, 15) is 8.78 Å². The van der Waals surface area contributed by atoms with Gasteiger partial charge in [-0.3, -0.25) is 0 Å². The molecule has 0 N–H and O–H groups in total. The monoisotopic (exact) mass is 274 g/mol. The summed E-state index contributed by atoms with van der Waals surface area (Å²) in [6.07, 6.45) is 0. The third-order valence-corrected chi connectivity index (χ3v) is 3.38. The fourth-order valence-electron chi connectivity index (χ4n) is 1.65. The number of rotatable bonds is 2. The van der Waals surface area contributed by atoms with Gasteiger partial charge in [0, 0.05) is 11.1 Å². The SMILES string of the molecule is Fc1ccc(-c2nsc(-c3ccc(F)cc3)n2)cc1. The van der Waals surface area contributed by atoms with Gasteiger partial charge >= 0.3 is 0 Å². The zero-order valence-electron chi connectivity index (χ0n) is 9.68. The molecule has 0 spiro atoms. The highest BCUT2D eigenvalue weighted by Gasteiger charge is 2.08. The van der Waals surface area contributed by atoms with Gasteiger partial charge < -0.3 is 0 Å². The number of halogens is 2. The number of hydrogen-bond acceptors (Lipinski definition) is 3. The average molecular weight is 274 g/mol. The highest BCUT2D eigenvalue weighted by atomic mass is 32.1. The highest BCUT2D eigenvalue weighted by molar-refractivity contribution is 7.09. The van der Waals surface area contributed by atoms with Crippen molar-refractivity contribution in [1.29, 1.82) is 0 Å². The number of hydrogen-bond donors (Lipinski definition) is 0. The minimum Gasteiger partial charge on any atom is -0.215 e. The maximum Gasteiger partial charge on any atom is 0.173 e. The lowest BCUT2D eigenvalue weighted by Crippen LogP contribution is -1.82. The van der Waals surface area contributed by atoms with Crippen LogP contribution in [0.25, 0.3) is 22.0 Å². The van der Waals surface area contributed by atoms with Gasteiger partial charge in [-0.25, -0.2) is 13.8 Å². The van der Waals surface area contributed by atoms with Gasteiger partial charge in [0.25, 0.3) is 0 Å². The lowest BCUT2D eigenvalue weighted by atomic mass is 10.2. The van der Waals surface area contributed by atoms with Crippen LogP contribution in [0.15, 0.2) is 48.5 Å². The Hall–Kier alpha value is -2.14. The van der Waals surface area contributed by atoms with Crippen molar-refractivity contribution in [3.63, 3.8) is 0 Å². The van der Waals surface area contributed by atoms with E-state index in [1.54, 1.807) is 24.3 Å². The standard InChI is InChI=1S/C14H8F2N2S/c15-11-5-1-9(2-6-11)13-17-14(19-18-13)10-3-7-12(16)8-4-10/h1-8H. The molecule has 2 nitrogen and oxygen atoms in total. The quantitative estimate of drug-likeness (QED) is 0.701. The summed E-state index contributed by atoms with van der Waals surface area (Å²) in [5.74, 6) is -0.0333. The summed E-state index contributed by atoms with van der Waals surface area (Å²) in [4.78, 5) is 4.37. The molecule has 1 heterocycles. The summed E-state index contributed by atoms with van der Waals surface area (Å²) < 4.78 is 29.9. The molecule has 0 aliphatic rings. The molecule has 3 rings (SSSR count). The molecule has 0 fully saturated rings. The molecule has 0 saturated carbocycles. The molecule has 0 aliphatic carbocycles. The van der Waals surface area contributed by atoms with Crippen LogP contribution in [0.5, 0.6) is 0 Å². The fourth-order valence-corrected chi connectivity index (χ4v) is 2.34. The minimum absolute atomic E-state index is 0.285. The first kappa shape index (κ1) is 11.9. The maximum absolute atomic E-state index is 12.8. The molecular formula is C14H8F2N2S. The Labute approximate surface area is 112 Å². The second-order valence-corrected chi connectivity index (χ2v) is 4.69. The molecule has 19 heavy (non-hydrogen) atoms. The van der Waals surface area contributed by atoms with E-state index < -0.39 is 0 Å². The number of aromatic nitrogens is 2. The lowest BCUT2D eigenvalue weighted by Gasteiger charge is -1.95. The van der Waals surface area contributed by atoms with Crippen LogP contribution < -0.4 is 0 Å². The number of benzene rings is 2. The van der Waals surface area contributed by atoms with Crippen LogP contribution in [-0.4, -0.2) is 9.36 Å². The second kappa shape index (κ2) is 4.85. The third kappa shape index (κ3) is 2.51. The Balaban J connectivity index is 1.95. The first-order valence-corrected chi connectivity index (χ1v) is 6.35. The van der Waals surface area contributed by atoms with Crippen molar-refractivity contribution in [3.05, 3.63) is 60.2 Å². The lowest BCUT2D eigenvalue weighted by molar-refractivity contribution is 0.627. The third-order valence-electron chi connectivity index (χ3n) is 2.62. The van der Waals surface area contributed by atoms with Crippen molar-refractivity contribution >= 4 is 11.5 Å². The largest absolute Gasteiger partial charge is 0.215 e. The van der Waals surface area contributed by atoms with Gasteiger partial charge in [-0.2, -0.15) is 4.37 Å². The predicted molar refractivity (Wildman–Crippen MR) is 70.7 cm³/mol. The van der Waals surface area contributed by atoms with Gasteiger partial charge in [0.15, 0.2) is 5.82 Å². The topological polar surface area (TPSA) is 25.8 Å². The van der Waals surface area contributed by atoms with Gasteiger partial charge in [-0.1, -0.05) is 0 Å². The molecule has 1 aromatic heterocycles.